The van der Waals surface area contributed by atoms with Crippen molar-refractivity contribution in [3.8, 4) is 11.4 Å². The highest BCUT2D eigenvalue weighted by atomic mass is 19.1. The van der Waals surface area contributed by atoms with E-state index in [0.717, 1.165) is 12.8 Å². The highest BCUT2D eigenvalue weighted by Gasteiger charge is 2.25. The van der Waals surface area contributed by atoms with Gasteiger partial charge in [-0.15, -0.1) is 0 Å². The molecule has 0 spiro atoms. The molecule has 0 saturated carbocycles. The number of para-hydroxylation sites is 1. The number of amides is 1. The number of halogens is 1. The molecule has 5 rings (SSSR count). The Bertz CT molecular complexity index is 1290. The van der Waals surface area contributed by atoms with Gasteiger partial charge in [0.1, 0.15) is 17.3 Å². The molecule has 12 nitrogen and oxygen atoms in total. The molecule has 13 heteroatoms. The molecule has 39 heavy (non-hydrogen) atoms. The summed E-state index contributed by atoms with van der Waals surface area (Å²) in [5, 5.41) is 5.82. The fourth-order valence-electron chi connectivity index (χ4n) is 4.99. The zero-order valence-corrected chi connectivity index (χ0v) is 22.0. The average Bonchev–Trinajstić information content (AvgIpc) is 3.48. The molecule has 1 aromatic carbocycles. The van der Waals surface area contributed by atoms with Crippen LogP contribution < -0.4 is 31.9 Å². The quantitative estimate of drug-likeness (QED) is 0.285. The molecule has 4 heterocycles. The zero-order chi connectivity index (χ0) is 27.4. The van der Waals surface area contributed by atoms with Crippen molar-refractivity contribution in [2.45, 2.75) is 18.9 Å². The van der Waals surface area contributed by atoms with Gasteiger partial charge < -0.3 is 41.6 Å². The summed E-state index contributed by atoms with van der Waals surface area (Å²) in [4.78, 5) is 33.8. The summed E-state index contributed by atoms with van der Waals surface area (Å²) < 4.78 is 20.6. The van der Waals surface area contributed by atoms with Gasteiger partial charge in [0.2, 0.25) is 5.95 Å². The van der Waals surface area contributed by atoms with Crippen LogP contribution in [0.3, 0.4) is 0 Å². The summed E-state index contributed by atoms with van der Waals surface area (Å²) in [6.45, 7) is 4.24. The maximum atomic E-state index is 14.9. The number of aromatic nitrogens is 4. The summed E-state index contributed by atoms with van der Waals surface area (Å²) in [5.74, 6) is 0.795. The number of carbonyl (C=O) groups is 1. The zero-order valence-electron chi connectivity index (χ0n) is 22.0. The van der Waals surface area contributed by atoms with E-state index in [-0.39, 0.29) is 17.7 Å². The van der Waals surface area contributed by atoms with Crippen LogP contribution >= 0.6 is 0 Å². The SMILES string of the molecule is CNc1nc(-c2c[nH]c(C(=O)Nc3cccc(F)c3N3CCC(CN)CC3)n2)cc(N2CCOC(CN)C2)n1. The van der Waals surface area contributed by atoms with Crippen LogP contribution in [0, 0.1) is 11.7 Å². The van der Waals surface area contributed by atoms with E-state index < -0.39 is 5.91 Å². The molecular formula is C26H35FN10O2. The lowest BCUT2D eigenvalue weighted by atomic mass is 9.96. The number of morpholine rings is 1. The van der Waals surface area contributed by atoms with Crippen LogP contribution in [-0.2, 0) is 4.74 Å². The fourth-order valence-corrected chi connectivity index (χ4v) is 4.99. The summed E-state index contributed by atoms with van der Waals surface area (Å²) in [6.07, 6.45) is 3.31. The van der Waals surface area contributed by atoms with Crippen molar-refractivity contribution >= 4 is 29.0 Å². The van der Waals surface area contributed by atoms with Gasteiger partial charge in [0.25, 0.3) is 5.91 Å². The number of hydrogen-bond acceptors (Lipinski definition) is 10. The molecule has 1 unspecified atom stereocenters. The molecule has 3 aromatic rings. The molecule has 208 valence electrons. The summed E-state index contributed by atoms with van der Waals surface area (Å²) in [6, 6.07) is 6.51. The number of nitrogens with two attached hydrogens (primary N) is 2. The molecule has 0 radical (unpaired) electrons. The Morgan fingerprint density at radius 1 is 1.13 bits per heavy atom. The summed E-state index contributed by atoms with van der Waals surface area (Å²) >= 11 is 0. The molecule has 2 aliphatic rings. The molecule has 2 aliphatic heterocycles. The fraction of sp³-hybridized carbons (Fsp3) is 0.462. The number of ether oxygens (including phenoxy) is 1. The van der Waals surface area contributed by atoms with Crippen LogP contribution in [0.4, 0.5) is 27.5 Å². The van der Waals surface area contributed by atoms with Gasteiger partial charge in [-0.05, 0) is 37.4 Å². The lowest BCUT2D eigenvalue weighted by Gasteiger charge is -2.34. The molecule has 2 fully saturated rings. The Morgan fingerprint density at radius 3 is 2.69 bits per heavy atom. The van der Waals surface area contributed by atoms with E-state index in [9.17, 15) is 9.18 Å². The third-order valence-electron chi connectivity index (χ3n) is 7.22. The second-order valence-corrected chi connectivity index (χ2v) is 9.75. The number of anilines is 4. The van der Waals surface area contributed by atoms with Crippen molar-refractivity contribution < 1.29 is 13.9 Å². The standard InChI is InChI=1S/C26H35FN10O2/c1-30-26-34-20(11-22(35-26)37-9-10-39-17(13-29)15-37)21-14-31-24(32-21)25(38)33-19-4-2-3-18(27)23(19)36-7-5-16(12-28)6-8-36/h2-4,11,14,16-17H,5-10,12-13,15,28-29H2,1H3,(H,31,32)(H,33,38)(H,30,34,35). The van der Waals surface area contributed by atoms with Crippen molar-refractivity contribution in [3.05, 3.63) is 42.1 Å². The van der Waals surface area contributed by atoms with Crippen LogP contribution in [0.2, 0.25) is 0 Å². The van der Waals surface area contributed by atoms with Gasteiger partial charge in [-0.1, -0.05) is 6.07 Å². The number of imidazole rings is 1. The summed E-state index contributed by atoms with van der Waals surface area (Å²) in [7, 11) is 1.74. The number of nitrogens with zero attached hydrogens (tertiary/aromatic N) is 5. The van der Waals surface area contributed by atoms with Gasteiger partial charge in [0.05, 0.1) is 29.8 Å². The Balaban J connectivity index is 1.35. The molecule has 7 N–H and O–H groups in total. The van der Waals surface area contributed by atoms with E-state index in [2.05, 4.69) is 35.5 Å². The van der Waals surface area contributed by atoms with Gasteiger partial charge in [-0.3, -0.25) is 4.79 Å². The maximum absolute atomic E-state index is 14.9. The largest absolute Gasteiger partial charge is 0.373 e. The van der Waals surface area contributed by atoms with Gasteiger partial charge in [-0.25, -0.2) is 14.4 Å². The molecule has 1 amide bonds. The molecule has 2 aromatic heterocycles. The minimum atomic E-state index is -0.480. The molecule has 2 saturated heterocycles. The normalized spacial score (nSPS) is 18.3. The third kappa shape index (κ3) is 5.95. The van der Waals surface area contributed by atoms with Gasteiger partial charge >= 0.3 is 0 Å². The minimum Gasteiger partial charge on any atom is -0.373 e. The van der Waals surface area contributed by atoms with Crippen molar-refractivity contribution in [2.75, 3.05) is 73.4 Å². The second kappa shape index (κ2) is 11.9. The molecule has 0 aliphatic carbocycles. The van der Waals surface area contributed by atoms with Crippen LogP contribution in [-0.4, -0.2) is 84.9 Å². The smallest absolute Gasteiger partial charge is 0.291 e. The molecule has 1 atom stereocenters. The second-order valence-electron chi connectivity index (χ2n) is 9.75. The highest BCUT2D eigenvalue weighted by molar-refractivity contribution is 6.04. The lowest BCUT2D eigenvalue weighted by Crippen LogP contribution is -2.46. The first-order valence-electron chi connectivity index (χ1n) is 13.2. The molecular weight excluding hydrogens is 503 g/mol. The lowest BCUT2D eigenvalue weighted by molar-refractivity contribution is 0.0463. The first-order valence-corrected chi connectivity index (χ1v) is 13.2. The maximum Gasteiger partial charge on any atom is 0.291 e. The predicted octanol–water partition coefficient (Wildman–Crippen LogP) is 1.64. The van der Waals surface area contributed by atoms with E-state index in [0.29, 0.717) is 86.3 Å². The minimum absolute atomic E-state index is 0.0735. The van der Waals surface area contributed by atoms with Crippen LogP contribution in [0.5, 0.6) is 0 Å². The number of rotatable bonds is 8. The highest BCUT2D eigenvalue weighted by Crippen LogP contribution is 2.33. The Kier molecular flexibility index (Phi) is 8.19. The number of carbonyl (C=O) groups excluding carboxylic acids is 1. The van der Waals surface area contributed by atoms with Gasteiger partial charge in [0, 0.05) is 52.0 Å². The average molecular weight is 539 g/mol. The first kappa shape index (κ1) is 26.8. The van der Waals surface area contributed by atoms with Crippen LogP contribution in [0.1, 0.15) is 23.5 Å². The monoisotopic (exact) mass is 538 g/mol. The number of nitrogens with one attached hydrogen (secondary N) is 3. The van der Waals surface area contributed by atoms with Crippen LogP contribution in [0.15, 0.2) is 30.5 Å². The van der Waals surface area contributed by atoms with E-state index in [1.165, 1.54) is 6.07 Å². The first-order chi connectivity index (χ1) is 19.0. The van der Waals surface area contributed by atoms with E-state index >= 15 is 0 Å². The number of H-pyrrole nitrogens is 1. The van der Waals surface area contributed by atoms with Crippen molar-refractivity contribution in [3.63, 3.8) is 0 Å². The van der Waals surface area contributed by atoms with Crippen molar-refractivity contribution in [1.82, 2.24) is 19.9 Å². The predicted molar refractivity (Wildman–Crippen MR) is 149 cm³/mol. The number of aromatic amines is 1. The Hall–Kier alpha value is -3.81. The van der Waals surface area contributed by atoms with Crippen molar-refractivity contribution in [1.29, 1.82) is 0 Å². The number of benzene rings is 1. The summed E-state index contributed by atoms with van der Waals surface area (Å²) in [5.41, 5.74) is 13.4. The van der Waals surface area contributed by atoms with Gasteiger partial charge in [-0.2, -0.15) is 4.98 Å². The topological polar surface area (TPSA) is 163 Å². The van der Waals surface area contributed by atoms with Crippen LogP contribution in [0.25, 0.3) is 11.4 Å². The third-order valence-corrected chi connectivity index (χ3v) is 7.22. The number of piperidine rings is 1. The van der Waals surface area contributed by atoms with Crippen molar-refractivity contribution in [2.24, 2.45) is 17.4 Å². The number of hydrogen-bond donors (Lipinski definition) is 5. The van der Waals surface area contributed by atoms with Gasteiger partial charge in [0.15, 0.2) is 5.82 Å². The van der Waals surface area contributed by atoms with E-state index in [1.54, 1.807) is 25.4 Å². The van der Waals surface area contributed by atoms with E-state index in [1.807, 2.05) is 11.0 Å². The Labute approximate surface area is 226 Å². The van der Waals surface area contributed by atoms with E-state index in [4.69, 9.17) is 16.2 Å². The molecule has 0 bridgehead atoms. The Morgan fingerprint density at radius 2 is 1.95 bits per heavy atom.